The molecule has 1 aliphatic heterocycles. The fourth-order valence-corrected chi connectivity index (χ4v) is 3.28. The number of nitrogens with zero attached hydrogens (tertiary/aromatic N) is 3. The van der Waals surface area contributed by atoms with Crippen LogP contribution in [0.5, 0.6) is 0 Å². The molecule has 0 spiro atoms. The van der Waals surface area contributed by atoms with Crippen LogP contribution in [0.1, 0.15) is 38.3 Å². The molecule has 0 amide bonds. The number of aromatic nitrogens is 2. The fourth-order valence-electron chi connectivity index (χ4n) is 3.28. The van der Waals surface area contributed by atoms with Gasteiger partial charge in [-0.15, -0.1) is 0 Å². The standard InChI is InChI=1S/C16H23N3/c1-13(2)11-18-9-4-5-14(12-18)15-6-3-7-16-17-8-10-19(15)16/h3,6-8,10,13-14H,4-5,9,11-12H2,1-2H3/t14-/m1/s1. The predicted molar refractivity (Wildman–Crippen MR) is 78.4 cm³/mol. The molecule has 102 valence electrons. The summed E-state index contributed by atoms with van der Waals surface area (Å²) in [5.74, 6) is 1.40. The lowest BCUT2D eigenvalue weighted by molar-refractivity contribution is 0.186. The molecular weight excluding hydrogens is 234 g/mol. The maximum absolute atomic E-state index is 4.39. The quantitative estimate of drug-likeness (QED) is 0.842. The lowest BCUT2D eigenvalue weighted by atomic mass is 9.93. The molecule has 0 bridgehead atoms. The van der Waals surface area contributed by atoms with Crippen molar-refractivity contribution in [3.8, 4) is 0 Å². The first-order valence-electron chi connectivity index (χ1n) is 7.38. The van der Waals surface area contributed by atoms with Gasteiger partial charge < -0.3 is 9.30 Å². The molecule has 0 aliphatic carbocycles. The summed E-state index contributed by atoms with van der Waals surface area (Å²) in [6.07, 6.45) is 6.59. The third-order valence-electron chi connectivity index (χ3n) is 4.01. The van der Waals surface area contributed by atoms with Gasteiger partial charge in [-0.2, -0.15) is 0 Å². The summed E-state index contributed by atoms with van der Waals surface area (Å²) in [6.45, 7) is 8.28. The number of likely N-dealkylation sites (tertiary alicyclic amines) is 1. The zero-order valence-electron chi connectivity index (χ0n) is 11.9. The Kier molecular flexibility index (Phi) is 3.56. The van der Waals surface area contributed by atoms with Gasteiger partial charge in [0.1, 0.15) is 5.65 Å². The van der Waals surface area contributed by atoms with Crippen molar-refractivity contribution in [2.24, 2.45) is 5.92 Å². The van der Waals surface area contributed by atoms with E-state index in [0.29, 0.717) is 5.92 Å². The van der Waals surface area contributed by atoms with Gasteiger partial charge in [0.25, 0.3) is 0 Å². The molecule has 3 rings (SSSR count). The molecule has 0 N–H and O–H groups in total. The molecule has 0 radical (unpaired) electrons. The molecule has 3 heteroatoms. The van der Waals surface area contributed by atoms with E-state index >= 15 is 0 Å². The Bertz CT molecular complexity index is 544. The third-order valence-corrected chi connectivity index (χ3v) is 4.01. The SMILES string of the molecule is CC(C)CN1CCC[C@@H](c2cccc3nccn23)C1. The van der Waals surface area contributed by atoms with E-state index in [0.717, 1.165) is 11.6 Å². The second-order valence-electron chi connectivity index (χ2n) is 6.10. The summed E-state index contributed by atoms with van der Waals surface area (Å²) in [4.78, 5) is 7.01. The number of pyridine rings is 1. The Hall–Kier alpha value is -1.35. The van der Waals surface area contributed by atoms with Gasteiger partial charge in [0.15, 0.2) is 0 Å². The number of hydrogen-bond acceptors (Lipinski definition) is 2. The maximum Gasteiger partial charge on any atom is 0.136 e. The first-order chi connectivity index (χ1) is 9.24. The van der Waals surface area contributed by atoms with Crippen LogP contribution in [-0.2, 0) is 0 Å². The van der Waals surface area contributed by atoms with Crippen LogP contribution in [0.25, 0.3) is 5.65 Å². The Labute approximate surface area is 115 Å². The molecule has 0 saturated carbocycles. The number of hydrogen-bond donors (Lipinski definition) is 0. The van der Waals surface area contributed by atoms with E-state index in [1.54, 1.807) is 0 Å². The number of rotatable bonds is 3. The molecular formula is C16H23N3. The monoisotopic (exact) mass is 257 g/mol. The van der Waals surface area contributed by atoms with E-state index in [4.69, 9.17) is 0 Å². The Morgan fingerprint density at radius 3 is 3.11 bits per heavy atom. The van der Waals surface area contributed by atoms with Crippen LogP contribution in [0.3, 0.4) is 0 Å². The fraction of sp³-hybridized carbons (Fsp3) is 0.562. The van der Waals surface area contributed by atoms with Crippen LogP contribution in [0.2, 0.25) is 0 Å². The smallest absolute Gasteiger partial charge is 0.136 e. The normalized spacial score (nSPS) is 21.3. The largest absolute Gasteiger partial charge is 0.304 e. The lowest BCUT2D eigenvalue weighted by Crippen LogP contribution is -2.37. The van der Waals surface area contributed by atoms with Gasteiger partial charge in [-0.3, -0.25) is 0 Å². The number of fused-ring (bicyclic) bond motifs is 1. The first kappa shape index (κ1) is 12.7. The third kappa shape index (κ3) is 2.66. The molecule has 3 nitrogen and oxygen atoms in total. The van der Waals surface area contributed by atoms with Crippen molar-refractivity contribution < 1.29 is 0 Å². The van der Waals surface area contributed by atoms with Crippen LogP contribution in [-0.4, -0.2) is 33.9 Å². The molecule has 0 unspecified atom stereocenters. The average molecular weight is 257 g/mol. The van der Waals surface area contributed by atoms with Crippen molar-refractivity contribution in [3.63, 3.8) is 0 Å². The molecule has 1 fully saturated rings. The predicted octanol–water partition coefficient (Wildman–Crippen LogP) is 3.17. The molecule has 1 saturated heterocycles. The maximum atomic E-state index is 4.39. The van der Waals surface area contributed by atoms with E-state index in [9.17, 15) is 0 Å². The second-order valence-corrected chi connectivity index (χ2v) is 6.10. The summed E-state index contributed by atoms with van der Waals surface area (Å²) >= 11 is 0. The van der Waals surface area contributed by atoms with Gasteiger partial charge in [-0.25, -0.2) is 4.98 Å². The molecule has 3 heterocycles. The number of imidazole rings is 1. The van der Waals surface area contributed by atoms with E-state index in [1.165, 1.54) is 38.2 Å². The molecule has 2 aromatic rings. The summed E-state index contributed by atoms with van der Waals surface area (Å²) < 4.78 is 2.25. The summed E-state index contributed by atoms with van der Waals surface area (Å²) in [5, 5.41) is 0. The van der Waals surface area contributed by atoms with Gasteiger partial charge in [0.05, 0.1) is 0 Å². The molecule has 19 heavy (non-hydrogen) atoms. The minimum absolute atomic E-state index is 0.644. The Morgan fingerprint density at radius 1 is 1.37 bits per heavy atom. The minimum Gasteiger partial charge on any atom is -0.304 e. The van der Waals surface area contributed by atoms with Crippen LogP contribution in [0, 0.1) is 5.92 Å². The molecule has 1 aliphatic rings. The lowest BCUT2D eigenvalue weighted by Gasteiger charge is -2.34. The highest BCUT2D eigenvalue weighted by Crippen LogP contribution is 2.27. The highest BCUT2D eigenvalue weighted by Gasteiger charge is 2.23. The van der Waals surface area contributed by atoms with Gasteiger partial charge in [0.2, 0.25) is 0 Å². The van der Waals surface area contributed by atoms with Crippen molar-refractivity contribution in [2.75, 3.05) is 19.6 Å². The van der Waals surface area contributed by atoms with Crippen molar-refractivity contribution in [1.82, 2.24) is 14.3 Å². The summed E-state index contributed by atoms with van der Waals surface area (Å²) in [5.41, 5.74) is 2.49. The van der Waals surface area contributed by atoms with Gasteiger partial charge in [0, 0.05) is 37.1 Å². The zero-order valence-corrected chi connectivity index (χ0v) is 11.9. The first-order valence-corrected chi connectivity index (χ1v) is 7.38. The second kappa shape index (κ2) is 5.33. The van der Waals surface area contributed by atoms with E-state index in [1.807, 2.05) is 6.20 Å². The van der Waals surface area contributed by atoms with Crippen molar-refractivity contribution in [3.05, 3.63) is 36.3 Å². The van der Waals surface area contributed by atoms with E-state index in [-0.39, 0.29) is 0 Å². The number of piperidine rings is 1. The highest BCUT2D eigenvalue weighted by molar-refractivity contribution is 5.40. The average Bonchev–Trinajstić information content (AvgIpc) is 2.86. The Morgan fingerprint density at radius 2 is 2.26 bits per heavy atom. The molecule has 1 atom stereocenters. The van der Waals surface area contributed by atoms with Crippen molar-refractivity contribution in [2.45, 2.75) is 32.6 Å². The zero-order chi connectivity index (χ0) is 13.2. The Balaban J connectivity index is 1.83. The molecule has 2 aromatic heterocycles. The van der Waals surface area contributed by atoms with Crippen LogP contribution >= 0.6 is 0 Å². The van der Waals surface area contributed by atoms with Crippen LogP contribution < -0.4 is 0 Å². The van der Waals surface area contributed by atoms with Crippen molar-refractivity contribution >= 4 is 5.65 Å². The van der Waals surface area contributed by atoms with E-state index in [2.05, 4.69) is 52.5 Å². The van der Waals surface area contributed by atoms with E-state index < -0.39 is 0 Å². The van der Waals surface area contributed by atoms with Crippen molar-refractivity contribution in [1.29, 1.82) is 0 Å². The van der Waals surface area contributed by atoms with Gasteiger partial charge in [-0.1, -0.05) is 19.9 Å². The summed E-state index contributed by atoms with van der Waals surface area (Å²) in [7, 11) is 0. The van der Waals surface area contributed by atoms with Crippen LogP contribution in [0.15, 0.2) is 30.6 Å². The van der Waals surface area contributed by atoms with Gasteiger partial charge >= 0.3 is 0 Å². The van der Waals surface area contributed by atoms with Crippen LogP contribution in [0.4, 0.5) is 0 Å². The topological polar surface area (TPSA) is 20.5 Å². The van der Waals surface area contributed by atoms with Gasteiger partial charge in [-0.05, 0) is 37.4 Å². The highest BCUT2D eigenvalue weighted by atomic mass is 15.1. The molecule has 0 aromatic carbocycles. The summed E-state index contributed by atoms with van der Waals surface area (Å²) in [6, 6.07) is 6.48. The minimum atomic E-state index is 0.644.